The average molecular weight is 158 g/mol. The van der Waals surface area contributed by atoms with Gasteiger partial charge in [0.1, 0.15) is 0 Å². The Morgan fingerprint density at radius 1 is 1.10 bits per heavy atom. The first-order valence-electron chi connectivity index (χ1n) is 3.11. The van der Waals surface area contributed by atoms with Crippen LogP contribution in [-0.2, 0) is 0 Å². The summed E-state index contributed by atoms with van der Waals surface area (Å²) in [6, 6.07) is 10.3. The zero-order valence-electron chi connectivity index (χ0n) is 5.54. The van der Waals surface area contributed by atoms with Crippen molar-refractivity contribution in [2.45, 2.75) is 6.92 Å². The molecule has 48 valence electrons. The van der Waals surface area contributed by atoms with Gasteiger partial charge in [-0.15, -0.1) is 0 Å². The summed E-state index contributed by atoms with van der Waals surface area (Å²) < 4.78 is 0. The van der Waals surface area contributed by atoms with Gasteiger partial charge in [0.25, 0.3) is 0 Å². The third-order valence-electron chi connectivity index (χ3n) is 1.16. The minimum absolute atomic E-state index is 0. The Bertz CT molecular complexity index is 189. The molecule has 0 saturated heterocycles. The van der Waals surface area contributed by atoms with Crippen LogP contribution in [0, 0.1) is 0 Å². The molecule has 0 nitrogen and oxygen atoms in total. The zero-order chi connectivity index (χ0) is 6.53. The normalized spacial score (nSPS) is 9.30. The van der Waals surface area contributed by atoms with Crippen LogP contribution in [0.3, 0.4) is 0 Å². The summed E-state index contributed by atoms with van der Waals surface area (Å²) in [4.78, 5) is 0. The van der Waals surface area contributed by atoms with Crippen molar-refractivity contribution in [3.63, 3.8) is 0 Å². The number of hydrogen-bond acceptors (Lipinski definition) is 0. The van der Waals surface area contributed by atoms with Gasteiger partial charge in [0.05, 0.1) is 0 Å². The van der Waals surface area contributed by atoms with E-state index in [0.29, 0.717) is 0 Å². The van der Waals surface area contributed by atoms with E-state index >= 15 is 0 Å². The topological polar surface area (TPSA) is 0 Å². The summed E-state index contributed by atoms with van der Waals surface area (Å²) in [6.45, 7) is 2.02. The van der Waals surface area contributed by atoms with E-state index in [1.54, 1.807) is 0 Å². The third-order valence-corrected chi connectivity index (χ3v) is 1.16. The monoisotopic (exact) mass is 158 g/mol. The fourth-order valence-corrected chi connectivity index (χ4v) is 0.757. The van der Waals surface area contributed by atoms with Crippen LogP contribution in [0.25, 0.3) is 6.08 Å². The molecular weight excluding hydrogens is 147 g/mol. The molecule has 0 unspecified atom stereocenters. The Morgan fingerprint density at radius 2 is 1.70 bits per heavy atom. The van der Waals surface area contributed by atoms with Crippen molar-refractivity contribution in [2.24, 2.45) is 0 Å². The van der Waals surface area contributed by atoms with Crippen LogP contribution >= 0.6 is 0 Å². The van der Waals surface area contributed by atoms with Gasteiger partial charge in [-0.25, -0.2) is 0 Å². The fourth-order valence-electron chi connectivity index (χ4n) is 0.757. The summed E-state index contributed by atoms with van der Waals surface area (Å²) in [6.07, 6.45) is 4.12. The van der Waals surface area contributed by atoms with E-state index in [-0.39, 0.29) is 51.4 Å². The molecule has 0 heterocycles. The van der Waals surface area contributed by atoms with Gasteiger partial charge < -0.3 is 0 Å². The number of rotatable bonds is 1. The van der Waals surface area contributed by atoms with Crippen LogP contribution in [0.4, 0.5) is 0 Å². The van der Waals surface area contributed by atoms with Gasteiger partial charge >= 0.3 is 51.4 Å². The first-order valence-corrected chi connectivity index (χ1v) is 3.11. The summed E-state index contributed by atoms with van der Waals surface area (Å²) >= 11 is 0. The van der Waals surface area contributed by atoms with Crippen molar-refractivity contribution in [1.82, 2.24) is 0 Å². The van der Waals surface area contributed by atoms with Crippen molar-refractivity contribution in [3.05, 3.63) is 42.0 Å². The van der Waals surface area contributed by atoms with Crippen LogP contribution < -0.4 is 0 Å². The maximum atomic E-state index is 2.08. The Balaban J connectivity index is 0.000000810. The molecule has 0 atom stereocenters. The van der Waals surface area contributed by atoms with E-state index in [1.165, 1.54) is 5.56 Å². The van der Waals surface area contributed by atoms with Gasteiger partial charge in [0.2, 0.25) is 0 Å². The molecule has 0 aromatic heterocycles. The van der Waals surface area contributed by atoms with E-state index in [0.717, 1.165) is 0 Å². The molecule has 0 amide bonds. The molecule has 0 N–H and O–H groups in total. The molecule has 0 aliphatic carbocycles. The molecule has 0 aliphatic heterocycles. The van der Waals surface area contributed by atoms with Crippen molar-refractivity contribution >= 4 is 57.5 Å². The second kappa shape index (κ2) is 6.32. The second-order valence-corrected chi connectivity index (χ2v) is 1.91. The third kappa shape index (κ3) is 3.69. The Kier molecular flexibility index (Phi) is 6.69. The number of hydrogen-bond donors (Lipinski definition) is 0. The van der Waals surface area contributed by atoms with Crippen molar-refractivity contribution < 1.29 is 0 Å². The Labute approximate surface area is 105 Å². The SMILES string of the molecule is CC=Cc1ccccc1.[KH]. The van der Waals surface area contributed by atoms with Gasteiger partial charge in [-0.3, -0.25) is 0 Å². The van der Waals surface area contributed by atoms with Gasteiger partial charge in [0, 0.05) is 0 Å². The minimum atomic E-state index is 0. The molecule has 0 saturated carbocycles. The summed E-state index contributed by atoms with van der Waals surface area (Å²) in [7, 11) is 0. The van der Waals surface area contributed by atoms with Gasteiger partial charge in [-0.1, -0.05) is 42.5 Å². The van der Waals surface area contributed by atoms with E-state index in [4.69, 9.17) is 0 Å². The van der Waals surface area contributed by atoms with Crippen molar-refractivity contribution in [1.29, 1.82) is 0 Å². The van der Waals surface area contributed by atoms with E-state index in [9.17, 15) is 0 Å². The first-order chi connectivity index (χ1) is 4.43. The molecule has 0 spiro atoms. The molecule has 0 fully saturated rings. The van der Waals surface area contributed by atoms with Crippen LogP contribution in [-0.4, -0.2) is 51.4 Å². The first kappa shape index (κ1) is 10.6. The predicted octanol–water partition coefficient (Wildman–Crippen LogP) is 2.07. The Hall–Kier alpha value is 0.596. The van der Waals surface area contributed by atoms with Crippen LogP contribution in [0.5, 0.6) is 0 Å². The van der Waals surface area contributed by atoms with Gasteiger partial charge in [-0.2, -0.15) is 0 Å². The van der Waals surface area contributed by atoms with Crippen molar-refractivity contribution in [2.75, 3.05) is 0 Å². The molecule has 0 aliphatic rings. The molecule has 10 heavy (non-hydrogen) atoms. The maximum absolute atomic E-state index is 2.08. The summed E-state index contributed by atoms with van der Waals surface area (Å²) in [5.74, 6) is 0. The zero-order valence-corrected chi connectivity index (χ0v) is 5.54. The fraction of sp³-hybridized carbons (Fsp3) is 0.111. The van der Waals surface area contributed by atoms with E-state index in [1.807, 2.05) is 31.2 Å². The molecule has 1 heteroatoms. The quantitative estimate of drug-likeness (QED) is 0.549. The van der Waals surface area contributed by atoms with Crippen LogP contribution in [0.2, 0.25) is 0 Å². The number of benzene rings is 1. The standard InChI is InChI=1S/C9H10.K.H/c1-2-6-9-7-4-3-5-8-9;;/h2-8H,1H3;;. The average Bonchev–Trinajstić information content (AvgIpc) is 1.91. The van der Waals surface area contributed by atoms with Crippen LogP contribution in [0.1, 0.15) is 12.5 Å². The van der Waals surface area contributed by atoms with Gasteiger partial charge in [-0.05, 0) is 12.5 Å². The van der Waals surface area contributed by atoms with Gasteiger partial charge in [0.15, 0.2) is 0 Å². The molecule has 0 bridgehead atoms. The molecule has 1 rings (SSSR count). The number of allylic oxidation sites excluding steroid dienone is 1. The van der Waals surface area contributed by atoms with E-state index < -0.39 is 0 Å². The van der Waals surface area contributed by atoms with Crippen molar-refractivity contribution in [3.8, 4) is 0 Å². The second-order valence-electron chi connectivity index (χ2n) is 1.91. The molecular formula is C9H11K. The predicted molar refractivity (Wildman–Crippen MR) is 48.3 cm³/mol. The van der Waals surface area contributed by atoms with E-state index in [2.05, 4.69) is 18.2 Å². The molecule has 1 aromatic rings. The Morgan fingerprint density at radius 3 is 2.20 bits per heavy atom. The molecule has 0 radical (unpaired) electrons. The summed E-state index contributed by atoms with van der Waals surface area (Å²) in [5, 5.41) is 0. The molecule has 1 aromatic carbocycles. The van der Waals surface area contributed by atoms with Crippen LogP contribution in [0.15, 0.2) is 36.4 Å². The summed E-state index contributed by atoms with van der Waals surface area (Å²) in [5.41, 5.74) is 1.26.